The maximum absolute atomic E-state index is 12.2. The van der Waals surface area contributed by atoms with Gasteiger partial charge in [0.05, 0.1) is 5.75 Å². The molecule has 0 aliphatic heterocycles. The van der Waals surface area contributed by atoms with Gasteiger partial charge in [-0.3, -0.25) is 4.79 Å². The number of aryl methyl sites for hydroxylation is 2. The van der Waals surface area contributed by atoms with Gasteiger partial charge in [-0.2, -0.15) is 0 Å². The molecule has 2 heterocycles. The van der Waals surface area contributed by atoms with E-state index in [4.69, 9.17) is 0 Å². The van der Waals surface area contributed by atoms with Crippen molar-refractivity contribution >= 4 is 39.2 Å². The average molecular weight is 350 g/mol. The van der Waals surface area contributed by atoms with E-state index >= 15 is 0 Å². The van der Waals surface area contributed by atoms with Gasteiger partial charge in [0.15, 0.2) is 0 Å². The molecular weight excluding hydrogens is 326 g/mol. The molecule has 0 aromatic carbocycles. The third-order valence-electron chi connectivity index (χ3n) is 4.65. The number of fused-ring (bicyclic) bond motifs is 1. The van der Waals surface area contributed by atoms with E-state index in [-0.39, 0.29) is 5.91 Å². The zero-order chi connectivity index (χ0) is 16.4. The summed E-state index contributed by atoms with van der Waals surface area (Å²) >= 11 is 3.21. The molecule has 0 spiro atoms. The van der Waals surface area contributed by atoms with E-state index in [9.17, 15) is 4.79 Å². The molecule has 1 fully saturated rings. The van der Waals surface area contributed by atoms with Gasteiger partial charge in [0.25, 0.3) is 0 Å². The Labute approximate surface area is 145 Å². The number of nitrogens with zero attached hydrogens (tertiary/aromatic N) is 2. The number of hydrogen-bond acceptors (Lipinski definition) is 5. The molecule has 3 rings (SSSR count). The number of nitrogens with one attached hydrogen (secondary N) is 1. The van der Waals surface area contributed by atoms with Crippen molar-refractivity contribution in [3.63, 3.8) is 0 Å². The van der Waals surface area contributed by atoms with Crippen LogP contribution in [0.1, 0.15) is 43.0 Å². The lowest BCUT2D eigenvalue weighted by Gasteiger charge is -2.26. The van der Waals surface area contributed by atoms with Gasteiger partial charge in [0.2, 0.25) is 5.91 Å². The van der Waals surface area contributed by atoms with E-state index in [1.165, 1.54) is 35.0 Å². The highest BCUT2D eigenvalue weighted by Crippen LogP contribution is 2.34. The van der Waals surface area contributed by atoms with Crippen molar-refractivity contribution in [2.45, 2.75) is 57.5 Å². The first-order chi connectivity index (χ1) is 11.0. The molecule has 6 heteroatoms. The van der Waals surface area contributed by atoms with Gasteiger partial charge < -0.3 is 5.32 Å². The van der Waals surface area contributed by atoms with Crippen molar-refractivity contribution in [2.75, 3.05) is 5.75 Å². The van der Waals surface area contributed by atoms with Crippen LogP contribution >= 0.6 is 23.1 Å². The van der Waals surface area contributed by atoms with Gasteiger partial charge >= 0.3 is 0 Å². The van der Waals surface area contributed by atoms with Crippen LogP contribution in [0.2, 0.25) is 0 Å². The molecule has 0 bridgehead atoms. The summed E-state index contributed by atoms with van der Waals surface area (Å²) < 4.78 is 0. The summed E-state index contributed by atoms with van der Waals surface area (Å²) in [7, 11) is 0. The molecule has 1 N–H and O–H groups in total. The molecule has 2 aromatic heterocycles. The number of thioether (sulfide) groups is 1. The summed E-state index contributed by atoms with van der Waals surface area (Å²) in [6.07, 6.45) is 6.26. The van der Waals surface area contributed by atoms with Crippen molar-refractivity contribution in [2.24, 2.45) is 5.92 Å². The average Bonchev–Trinajstić information content (AvgIpc) is 2.83. The summed E-state index contributed by atoms with van der Waals surface area (Å²) in [5.74, 6) is 1.34. The lowest BCUT2D eigenvalue weighted by atomic mass is 9.87. The van der Waals surface area contributed by atoms with Gasteiger partial charge in [-0.1, -0.05) is 18.7 Å². The number of thiophene rings is 1. The van der Waals surface area contributed by atoms with Crippen molar-refractivity contribution in [3.8, 4) is 0 Å². The number of carbonyl (C=O) groups is 1. The lowest BCUT2D eigenvalue weighted by molar-refractivity contribution is -0.119. The third-order valence-corrected chi connectivity index (χ3v) is 6.76. The van der Waals surface area contributed by atoms with Gasteiger partial charge in [-0.25, -0.2) is 9.97 Å². The molecular formula is C17H23N3OS2. The predicted octanol–water partition coefficient (Wildman–Crippen LogP) is 4.10. The van der Waals surface area contributed by atoms with Gasteiger partial charge in [-0.05, 0) is 51.0 Å². The van der Waals surface area contributed by atoms with E-state index in [0.717, 1.165) is 34.0 Å². The van der Waals surface area contributed by atoms with Crippen LogP contribution in [0, 0.1) is 19.8 Å². The number of aromatic nitrogens is 2. The minimum atomic E-state index is 0.117. The number of rotatable bonds is 4. The van der Waals surface area contributed by atoms with Crippen LogP contribution in [0.3, 0.4) is 0 Å². The minimum Gasteiger partial charge on any atom is -0.353 e. The second-order valence-electron chi connectivity index (χ2n) is 6.46. The molecule has 2 aromatic rings. The van der Waals surface area contributed by atoms with E-state index in [1.54, 1.807) is 17.7 Å². The zero-order valence-corrected chi connectivity index (χ0v) is 15.5. The summed E-state index contributed by atoms with van der Waals surface area (Å²) in [5.41, 5.74) is 1.23. The largest absolute Gasteiger partial charge is 0.353 e. The molecule has 1 aliphatic rings. The fraction of sp³-hybridized carbons (Fsp3) is 0.588. The maximum Gasteiger partial charge on any atom is 0.230 e. The molecule has 1 saturated carbocycles. The molecule has 0 radical (unpaired) electrons. The second-order valence-corrected chi connectivity index (χ2v) is 8.62. The summed E-state index contributed by atoms with van der Waals surface area (Å²) in [6, 6.07) is 0.356. The quantitative estimate of drug-likeness (QED) is 0.667. The zero-order valence-electron chi connectivity index (χ0n) is 13.9. The molecule has 0 unspecified atom stereocenters. The lowest BCUT2D eigenvalue weighted by Crippen LogP contribution is -2.38. The Morgan fingerprint density at radius 3 is 2.78 bits per heavy atom. The van der Waals surface area contributed by atoms with E-state index in [0.29, 0.717) is 11.8 Å². The third kappa shape index (κ3) is 3.86. The summed E-state index contributed by atoms with van der Waals surface area (Å²) in [4.78, 5) is 23.2. The Morgan fingerprint density at radius 1 is 1.30 bits per heavy atom. The first-order valence-corrected chi connectivity index (χ1v) is 9.97. The van der Waals surface area contributed by atoms with Crippen LogP contribution in [-0.4, -0.2) is 27.7 Å². The van der Waals surface area contributed by atoms with Crippen LogP contribution in [0.5, 0.6) is 0 Å². The van der Waals surface area contributed by atoms with Gasteiger partial charge in [0, 0.05) is 16.3 Å². The fourth-order valence-electron chi connectivity index (χ4n) is 3.07. The number of hydrogen-bond donors (Lipinski definition) is 1. The van der Waals surface area contributed by atoms with E-state index < -0.39 is 0 Å². The van der Waals surface area contributed by atoms with Crippen molar-refractivity contribution < 1.29 is 4.79 Å². The SMILES string of the molecule is Cc1sc2ncnc(SCC(=O)NC3CCC(C)CC3)c2c1C. The molecule has 23 heavy (non-hydrogen) atoms. The Morgan fingerprint density at radius 2 is 2.04 bits per heavy atom. The summed E-state index contributed by atoms with van der Waals surface area (Å²) in [6.45, 7) is 6.50. The highest BCUT2D eigenvalue weighted by molar-refractivity contribution is 8.00. The standard InChI is InChI=1S/C17H23N3OS2/c1-10-4-6-13(7-5-10)20-14(21)8-22-16-15-11(2)12(3)23-17(15)19-9-18-16/h9-10,13H,4-8H2,1-3H3,(H,20,21). The van der Waals surface area contributed by atoms with E-state index in [1.807, 2.05) is 0 Å². The number of carbonyl (C=O) groups excluding carboxylic acids is 1. The van der Waals surface area contributed by atoms with Crippen molar-refractivity contribution in [1.29, 1.82) is 0 Å². The molecule has 1 amide bonds. The van der Waals surface area contributed by atoms with Gasteiger partial charge in [-0.15, -0.1) is 11.3 Å². The Hall–Kier alpha value is -1.14. The van der Waals surface area contributed by atoms with Crippen molar-refractivity contribution in [3.05, 3.63) is 16.8 Å². The normalized spacial score (nSPS) is 21.5. The first kappa shape index (κ1) is 16.7. The molecule has 0 atom stereocenters. The molecule has 1 aliphatic carbocycles. The summed E-state index contributed by atoms with van der Waals surface area (Å²) in [5, 5.41) is 5.21. The van der Waals surface area contributed by atoms with Gasteiger partial charge in [0.1, 0.15) is 16.2 Å². The second kappa shape index (κ2) is 7.18. The van der Waals surface area contributed by atoms with Crippen LogP contribution in [0.25, 0.3) is 10.2 Å². The van der Waals surface area contributed by atoms with Crippen LogP contribution in [-0.2, 0) is 4.79 Å². The van der Waals surface area contributed by atoms with Crippen LogP contribution in [0.15, 0.2) is 11.4 Å². The smallest absolute Gasteiger partial charge is 0.230 e. The fourth-order valence-corrected chi connectivity index (χ4v) is 5.00. The predicted molar refractivity (Wildman–Crippen MR) is 97.2 cm³/mol. The van der Waals surface area contributed by atoms with Crippen LogP contribution in [0.4, 0.5) is 0 Å². The maximum atomic E-state index is 12.2. The van der Waals surface area contributed by atoms with E-state index in [2.05, 4.69) is 36.1 Å². The van der Waals surface area contributed by atoms with Crippen molar-refractivity contribution in [1.82, 2.24) is 15.3 Å². The van der Waals surface area contributed by atoms with Crippen LogP contribution < -0.4 is 5.32 Å². The monoisotopic (exact) mass is 349 g/mol. The molecule has 0 saturated heterocycles. The Kier molecular flexibility index (Phi) is 5.21. The Balaban J connectivity index is 1.61. The minimum absolute atomic E-state index is 0.117. The Bertz CT molecular complexity index is 705. The molecule has 4 nitrogen and oxygen atoms in total. The highest BCUT2D eigenvalue weighted by atomic mass is 32.2. The molecule has 124 valence electrons. The first-order valence-electron chi connectivity index (χ1n) is 8.17. The topological polar surface area (TPSA) is 54.9 Å². The number of amides is 1. The highest BCUT2D eigenvalue weighted by Gasteiger charge is 2.20.